The quantitative estimate of drug-likeness (QED) is 0.225. The van der Waals surface area contributed by atoms with Gasteiger partial charge in [-0.25, -0.2) is 9.59 Å². The number of rotatable bonds is 9. The molecule has 212 valence electrons. The Morgan fingerprint density at radius 3 is 2.10 bits per heavy atom. The number of fused-ring (bicyclic) bond motifs is 1. The second-order valence-corrected chi connectivity index (χ2v) is 8.79. The van der Waals surface area contributed by atoms with Crippen LogP contribution in [0.25, 0.3) is 12.2 Å². The molecule has 0 amide bonds. The summed E-state index contributed by atoms with van der Waals surface area (Å²) in [5.41, 5.74) is 2.36. The summed E-state index contributed by atoms with van der Waals surface area (Å²) in [6.07, 6.45) is 4.78. The highest BCUT2D eigenvalue weighted by atomic mass is 16.6. The smallest absolute Gasteiger partial charge is 0.336 e. The number of phenolic OH excluding ortho intramolecular Hbond substituents is 1. The van der Waals surface area contributed by atoms with E-state index in [0.717, 1.165) is 0 Å². The molecule has 2 atom stereocenters. The lowest BCUT2D eigenvalue weighted by Crippen LogP contribution is -2.20. The summed E-state index contributed by atoms with van der Waals surface area (Å²) in [5.74, 6) is -1.35. The number of carbonyl (C=O) groups is 3. The van der Waals surface area contributed by atoms with Gasteiger partial charge < -0.3 is 33.5 Å². The van der Waals surface area contributed by atoms with Crippen LogP contribution in [0.5, 0.6) is 28.7 Å². The van der Waals surface area contributed by atoms with Crippen LogP contribution in [0.1, 0.15) is 34.3 Å². The van der Waals surface area contributed by atoms with Gasteiger partial charge in [-0.05, 0) is 65.2 Å². The van der Waals surface area contributed by atoms with Crippen molar-refractivity contribution < 1.29 is 47.9 Å². The SMILES string of the molecule is COC(=O)C=Cc1cc(OC)c2c(c1)[C@@H](C(=O)OC)[C@H](c1ccc(OC(=O)C=Cc3ccc(O)cc3)c(OC)c1)O2. The van der Waals surface area contributed by atoms with Gasteiger partial charge in [0.1, 0.15) is 17.8 Å². The molecule has 1 aliphatic heterocycles. The van der Waals surface area contributed by atoms with Crippen molar-refractivity contribution in [1.82, 2.24) is 0 Å². The van der Waals surface area contributed by atoms with Crippen LogP contribution in [0.4, 0.5) is 0 Å². The third-order valence-electron chi connectivity index (χ3n) is 6.31. The minimum Gasteiger partial charge on any atom is -0.508 e. The highest BCUT2D eigenvalue weighted by Crippen LogP contribution is 2.52. The van der Waals surface area contributed by atoms with Crippen molar-refractivity contribution in [3.05, 3.63) is 89.0 Å². The Labute approximate surface area is 236 Å². The van der Waals surface area contributed by atoms with E-state index < -0.39 is 29.9 Å². The number of hydrogen-bond acceptors (Lipinski definition) is 10. The summed E-state index contributed by atoms with van der Waals surface area (Å²) >= 11 is 0. The van der Waals surface area contributed by atoms with E-state index in [1.54, 1.807) is 54.6 Å². The van der Waals surface area contributed by atoms with Gasteiger partial charge in [-0.1, -0.05) is 18.2 Å². The zero-order chi connectivity index (χ0) is 29.5. The second kappa shape index (κ2) is 12.7. The Morgan fingerprint density at radius 1 is 0.756 bits per heavy atom. The van der Waals surface area contributed by atoms with Crippen molar-refractivity contribution in [3.63, 3.8) is 0 Å². The molecule has 0 spiro atoms. The van der Waals surface area contributed by atoms with Gasteiger partial charge in [-0.15, -0.1) is 0 Å². The maximum absolute atomic E-state index is 13.0. The minimum atomic E-state index is -0.873. The average Bonchev–Trinajstić information content (AvgIpc) is 3.38. The van der Waals surface area contributed by atoms with Crippen molar-refractivity contribution in [3.8, 4) is 28.7 Å². The molecule has 0 saturated heterocycles. The minimum absolute atomic E-state index is 0.118. The first-order chi connectivity index (χ1) is 19.8. The van der Waals surface area contributed by atoms with Gasteiger partial charge in [0.05, 0.1) is 28.4 Å². The van der Waals surface area contributed by atoms with Crippen LogP contribution in [-0.2, 0) is 23.9 Å². The Balaban J connectivity index is 1.63. The van der Waals surface area contributed by atoms with E-state index in [9.17, 15) is 19.5 Å². The van der Waals surface area contributed by atoms with Gasteiger partial charge in [0.15, 0.2) is 23.0 Å². The fourth-order valence-corrected chi connectivity index (χ4v) is 4.32. The van der Waals surface area contributed by atoms with Crippen LogP contribution in [0, 0.1) is 0 Å². The first-order valence-corrected chi connectivity index (χ1v) is 12.4. The molecule has 0 bridgehead atoms. The number of hydrogen-bond donors (Lipinski definition) is 1. The van der Waals surface area contributed by atoms with Crippen LogP contribution in [0.2, 0.25) is 0 Å². The van der Waals surface area contributed by atoms with E-state index >= 15 is 0 Å². The maximum Gasteiger partial charge on any atom is 0.336 e. The predicted octanol–water partition coefficient (Wildman–Crippen LogP) is 4.60. The zero-order valence-electron chi connectivity index (χ0n) is 22.8. The van der Waals surface area contributed by atoms with Gasteiger partial charge in [0, 0.05) is 17.7 Å². The number of ether oxygens (including phenoxy) is 6. The maximum atomic E-state index is 13.0. The van der Waals surface area contributed by atoms with Crippen molar-refractivity contribution >= 4 is 30.1 Å². The normalized spacial score (nSPS) is 15.7. The zero-order valence-corrected chi connectivity index (χ0v) is 22.8. The fraction of sp³-hybridized carbons (Fsp3) is 0.194. The molecule has 1 heterocycles. The molecular weight excluding hydrogens is 532 g/mol. The molecule has 0 radical (unpaired) electrons. The van der Waals surface area contributed by atoms with Gasteiger partial charge >= 0.3 is 17.9 Å². The van der Waals surface area contributed by atoms with Crippen molar-refractivity contribution in [2.45, 2.75) is 12.0 Å². The first-order valence-electron chi connectivity index (χ1n) is 12.4. The van der Waals surface area contributed by atoms with Crippen LogP contribution < -0.4 is 18.9 Å². The van der Waals surface area contributed by atoms with Crippen molar-refractivity contribution in [2.75, 3.05) is 28.4 Å². The molecule has 4 rings (SSSR count). The van der Waals surface area contributed by atoms with E-state index in [-0.39, 0.29) is 17.2 Å². The molecule has 1 aliphatic rings. The summed E-state index contributed by atoms with van der Waals surface area (Å²) in [5, 5.41) is 9.40. The van der Waals surface area contributed by atoms with E-state index in [2.05, 4.69) is 4.74 Å². The molecular formula is C31H28O10. The summed E-state index contributed by atoms with van der Waals surface area (Å²) in [4.78, 5) is 37.1. The van der Waals surface area contributed by atoms with Crippen LogP contribution in [-0.4, -0.2) is 51.5 Å². The lowest BCUT2D eigenvalue weighted by Gasteiger charge is -2.19. The number of esters is 3. The summed E-state index contributed by atoms with van der Waals surface area (Å²) in [7, 11) is 5.45. The molecule has 3 aromatic carbocycles. The van der Waals surface area contributed by atoms with E-state index in [0.29, 0.717) is 33.8 Å². The Bertz CT molecular complexity index is 1500. The Kier molecular flexibility index (Phi) is 8.93. The van der Waals surface area contributed by atoms with Crippen LogP contribution in [0.3, 0.4) is 0 Å². The predicted molar refractivity (Wildman–Crippen MR) is 148 cm³/mol. The number of aromatic hydroxyl groups is 1. The third-order valence-corrected chi connectivity index (χ3v) is 6.31. The topological polar surface area (TPSA) is 127 Å². The molecule has 0 unspecified atom stereocenters. The Hall–Kier alpha value is -5.25. The first kappa shape index (κ1) is 28.8. The van der Waals surface area contributed by atoms with E-state index in [4.69, 9.17) is 23.7 Å². The van der Waals surface area contributed by atoms with Gasteiger partial charge in [0.2, 0.25) is 0 Å². The molecule has 0 aliphatic carbocycles. The van der Waals surface area contributed by atoms with Gasteiger partial charge in [-0.2, -0.15) is 0 Å². The number of carbonyl (C=O) groups excluding carboxylic acids is 3. The molecule has 3 aromatic rings. The largest absolute Gasteiger partial charge is 0.508 e. The summed E-state index contributed by atoms with van der Waals surface area (Å²) in [6.45, 7) is 0. The molecule has 1 N–H and O–H groups in total. The average molecular weight is 561 g/mol. The molecule has 0 fully saturated rings. The van der Waals surface area contributed by atoms with Gasteiger partial charge in [-0.3, -0.25) is 4.79 Å². The number of benzene rings is 3. The lowest BCUT2D eigenvalue weighted by atomic mass is 9.90. The lowest BCUT2D eigenvalue weighted by molar-refractivity contribution is -0.144. The van der Waals surface area contributed by atoms with E-state index in [1.807, 2.05) is 0 Å². The monoisotopic (exact) mass is 560 g/mol. The van der Waals surface area contributed by atoms with Crippen molar-refractivity contribution in [2.24, 2.45) is 0 Å². The highest BCUT2D eigenvalue weighted by molar-refractivity contribution is 5.89. The fourth-order valence-electron chi connectivity index (χ4n) is 4.32. The molecule has 0 saturated carbocycles. The third kappa shape index (κ3) is 6.50. The number of methoxy groups -OCH3 is 4. The molecule has 10 heteroatoms. The molecule has 41 heavy (non-hydrogen) atoms. The van der Waals surface area contributed by atoms with Gasteiger partial charge in [0.25, 0.3) is 0 Å². The highest BCUT2D eigenvalue weighted by Gasteiger charge is 2.43. The van der Waals surface area contributed by atoms with E-state index in [1.165, 1.54) is 52.7 Å². The standard InChI is InChI=1S/C31H28O10/c1-36-24-17-20(9-12-23(24)40-27(34)14-7-18-5-10-21(32)11-6-18)29-28(31(35)39-4)22-15-19(8-13-26(33)38-3)16-25(37-2)30(22)41-29/h5-17,28-29,32H,1-4H3/t28-,29+/m1/s1. The number of phenols is 1. The van der Waals surface area contributed by atoms with Crippen LogP contribution >= 0.6 is 0 Å². The molecule has 10 nitrogen and oxygen atoms in total. The molecule has 0 aromatic heterocycles. The Morgan fingerprint density at radius 2 is 1.44 bits per heavy atom. The van der Waals surface area contributed by atoms with Crippen LogP contribution in [0.15, 0.2) is 66.7 Å². The summed E-state index contributed by atoms with van der Waals surface area (Å²) < 4.78 is 32.4. The van der Waals surface area contributed by atoms with Crippen molar-refractivity contribution in [1.29, 1.82) is 0 Å². The second-order valence-electron chi connectivity index (χ2n) is 8.79. The summed E-state index contributed by atoms with van der Waals surface area (Å²) in [6, 6.07) is 14.5.